The van der Waals surface area contributed by atoms with Crippen LogP contribution in [0, 0.1) is 12.7 Å². The van der Waals surface area contributed by atoms with Crippen LogP contribution in [-0.4, -0.2) is 65.7 Å². The molecule has 10 heteroatoms. The van der Waals surface area contributed by atoms with Gasteiger partial charge in [-0.2, -0.15) is 0 Å². The normalized spacial score (nSPS) is 14.2. The van der Waals surface area contributed by atoms with Gasteiger partial charge in [0.25, 0.3) is 6.01 Å². The van der Waals surface area contributed by atoms with Crippen LogP contribution in [0.2, 0.25) is 0 Å². The maximum absolute atomic E-state index is 14.5. The number of amides is 1. The molecule has 162 valence electrons. The van der Waals surface area contributed by atoms with E-state index in [-0.39, 0.29) is 29.9 Å². The molecule has 0 unspecified atom stereocenters. The van der Waals surface area contributed by atoms with Crippen molar-refractivity contribution < 1.29 is 18.3 Å². The highest BCUT2D eigenvalue weighted by molar-refractivity contribution is 5.82. The molecule has 0 radical (unpaired) electrons. The lowest BCUT2D eigenvalue weighted by Crippen LogP contribution is -2.51. The molecule has 0 atom stereocenters. The number of nitrogens with one attached hydrogen (secondary N) is 1. The zero-order chi connectivity index (χ0) is 21.8. The molecule has 1 fully saturated rings. The SMILES string of the molecule is COCCN1CCN(c2ncc(-c3nc(Nc4cc(C)ccn4)ccc3F)o2)CC1=O. The first kappa shape index (κ1) is 20.7. The Morgan fingerprint density at radius 3 is 2.87 bits per heavy atom. The maximum atomic E-state index is 14.5. The third kappa shape index (κ3) is 4.80. The van der Waals surface area contributed by atoms with Gasteiger partial charge >= 0.3 is 0 Å². The molecule has 1 aliphatic rings. The summed E-state index contributed by atoms with van der Waals surface area (Å²) in [5, 5.41) is 3.06. The highest BCUT2D eigenvalue weighted by Crippen LogP contribution is 2.27. The van der Waals surface area contributed by atoms with E-state index in [2.05, 4.69) is 20.3 Å². The van der Waals surface area contributed by atoms with Gasteiger partial charge in [-0.1, -0.05) is 0 Å². The lowest BCUT2D eigenvalue weighted by molar-refractivity contribution is -0.131. The van der Waals surface area contributed by atoms with Crippen molar-refractivity contribution in [3.05, 3.63) is 48.0 Å². The number of ether oxygens (including phenoxy) is 1. The van der Waals surface area contributed by atoms with Gasteiger partial charge in [0.05, 0.1) is 12.8 Å². The van der Waals surface area contributed by atoms with E-state index in [0.29, 0.717) is 37.9 Å². The van der Waals surface area contributed by atoms with Gasteiger partial charge in [0, 0.05) is 32.9 Å². The van der Waals surface area contributed by atoms with E-state index in [4.69, 9.17) is 9.15 Å². The highest BCUT2D eigenvalue weighted by atomic mass is 19.1. The first-order valence-electron chi connectivity index (χ1n) is 9.87. The molecule has 1 amide bonds. The van der Waals surface area contributed by atoms with E-state index in [1.807, 2.05) is 19.1 Å². The molecule has 0 spiro atoms. The molecule has 0 bridgehead atoms. The molecule has 31 heavy (non-hydrogen) atoms. The molecule has 0 aromatic carbocycles. The number of pyridine rings is 2. The van der Waals surface area contributed by atoms with Gasteiger partial charge in [-0.15, -0.1) is 0 Å². The van der Waals surface area contributed by atoms with Crippen LogP contribution >= 0.6 is 0 Å². The molecule has 1 saturated heterocycles. The number of carbonyl (C=O) groups is 1. The predicted molar refractivity (Wildman–Crippen MR) is 113 cm³/mol. The van der Waals surface area contributed by atoms with Crippen molar-refractivity contribution in [2.75, 3.05) is 50.1 Å². The van der Waals surface area contributed by atoms with E-state index in [0.717, 1.165) is 5.56 Å². The van der Waals surface area contributed by atoms with Crippen molar-refractivity contribution in [2.24, 2.45) is 0 Å². The second kappa shape index (κ2) is 9.09. The Morgan fingerprint density at radius 2 is 2.10 bits per heavy atom. The predicted octanol–water partition coefficient (Wildman–Crippen LogP) is 2.62. The number of hydrogen-bond acceptors (Lipinski definition) is 8. The van der Waals surface area contributed by atoms with Gasteiger partial charge in [-0.3, -0.25) is 4.79 Å². The van der Waals surface area contributed by atoms with Crippen LogP contribution in [-0.2, 0) is 9.53 Å². The van der Waals surface area contributed by atoms with E-state index >= 15 is 0 Å². The zero-order valence-electron chi connectivity index (χ0n) is 17.3. The number of oxazole rings is 1. The standard InChI is InChI=1S/C21H23FN6O3/c1-14-5-6-23-18(11-14)25-17-4-3-15(22)20(26-17)16-12-24-21(31-16)28-8-7-27(9-10-30-2)19(29)13-28/h3-6,11-12H,7-10,13H2,1-2H3,(H,23,25,26). The van der Waals surface area contributed by atoms with Crippen LogP contribution in [0.4, 0.5) is 22.0 Å². The average Bonchev–Trinajstić information content (AvgIpc) is 3.24. The topological polar surface area (TPSA) is 96.6 Å². The van der Waals surface area contributed by atoms with Crippen LogP contribution in [0.25, 0.3) is 11.5 Å². The third-order valence-electron chi connectivity index (χ3n) is 4.90. The number of piperazine rings is 1. The number of carbonyl (C=O) groups excluding carboxylic acids is 1. The Morgan fingerprint density at radius 1 is 1.23 bits per heavy atom. The van der Waals surface area contributed by atoms with Gasteiger partial charge in [-0.25, -0.2) is 19.3 Å². The van der Waals surface area contributed by atoms with Crippen molar-refractivity contribution in [2.45, 2.75) is 6.92 Å². The summed E-state index contributed by atoms with van der Waals surface area (Å²) in [6.07, 6.45) is 3.10. The Hall–Kier alpha value is -3.53. The van der Waals surface area contributed by atoms with Crippen LogP contribution in [0.5, 0.6) is 0 Å². The lowest BCUT2D eigenvalue weighted by Gasteiger charge is -2.33. The fourth-order valence-corrected chi connectivity index (χ4v) is 3.25. The van der Waals surface area contributed by atoms with Crippen LogP contribution < -0.4 is 10.2 Å². The Balaban J connectivity index is 1.49. The van der Waals surface area contributed by atoms with Crippen LogP contribution in [0.1, 0.15) is 5.56 Å². The number of hydrogen-bond donors (Lipinski definition) is 1. The lowest BCUT2D eigenvalue weighted by atomic mass is 10.3. The Labute approximate surface area is 178 Å². The van der Waals surface area contributed by atoms with Crippen LogP contribution in [0.3, 0.4) is 0 Å². The number of aryl methyl sites for hydroxylation is 1. The molecule has 3 aromatic rings. The molecular formula is C21H23FN6O3. The fraction of sp³-hybridized carbons (Fsp3) is 0.333. The number of nitrogens with zero attached hydrogens (tertiary/aromatic N) is 5. The smallest absolute Gasteiger partial charge is 0.298 e. The average molecular weight is 426 g/mol. The summed E-state index contributed by atoms with van der Waals surface area (Å²) in [6.45, 7) is 4.23. The minimum atomic E-state index is -0.536. The Kier molecular flexibility index (Phi) is 6.08. The first-order chi connectivity index (χ1) is 15.0. The minimum Gasteiger partial charge on any atom is -0.422 e. The summed E-state index contributed by atoms with van der Waals surface area (Å²) >= 11 is 0. The van der Waals surface area contributed by atoms with Crippen molar-refractivity contribution in [3.8, 4) is 11.5 Å². The van der Waals surface area contributed by atoms with Crippen molar-refractivity contribution in [3.63, 3.8) is 0 Å². The van der Waals surface area contributed by atoms with Crippen LogP contribution in [0.15, 0.2) is 41.1 Å². The van der Waals surface area contributed by atoms with Gasteiger partial charge in [0.1, 0.15) is 23.9 Å². The second-order valence-corrected chi connectivity index (χ2v) is 7.17. The summed E-state index contributed by atoms with van der Waals surface area (Å²) < 4.78 is 25.2. The van der Waals surface area contributed by atoms with Gasteiger partial charge < -0.3 is 24.3 Å². The third-order valence-corrected chi connectivity index (χ3v) is 4.90. The van der Waals surface area contributed by atoms with E-state index < -0.39 is 5.82 Å². The summed E-state index contributed by atoms with van der Waals surface area (Å²) in [7, 11) is 1.60. The molecule has 4 rings (SSSR count). The maximum Gasteiger partial charge on any atom is 0.298 e. The molecule has 0 saturated carbocycles. The molecule has 4 heterocycles. The highest BCUT2D eigenvalue weighted by Gasteiger charge is 2.27. The number of anilines is 3. The summed E-state index contributed by atoms with van der Waals surface area (Å²) in [5.74, 6) is 0.639. The van der Waals surface area contributed by atoms with Crippen molar-refractivity contribution >= 4 is 23.6 Å². The summed E-state index contributed by atoms with van der Waals surface area (Å²) in [5.41, 5.74) is 1.07. The molecule has 1 aliphatic heterocycles. The van der Waals surface area contributed by atoms with Gasteiger partial charge in [0.2, 0.25) is 5.91 Å². The molecule has 3 aromatic heterocycles. The van der Waals surface area contributed by atoms with Gasteiger partial charge in [-0.05, 0) is 36.8 Å². The van der Waals surface area contributed by atoms with Crippen molar-refractivity contribution in [1.82, 2.24) is 19.9 Å². The largest absolute Gasteiger partial charge is 0.422 e. The number of halogens is 1. The van der Waals surface area contributed by atoms with Crippen molar-refractivity contribution in [1.29, 1.82) is 0 Å². The minimum absolute atomic E-state index is 0.0291. The number of aromatic nitrogens is 3. The summed E-state index contributed by atoms with van der Waals surface area (Å²) in [6, 6.07) is 6.83. The fourth-order valence-electron chi connectivity index (χ4n) is 3.25. The monoisotopic (exact) mass is 426 g/mol. The molecule has 0 aliphatic carbocycles. The van der Waals surface area contributed by atoms with E-state index in [1.165, 1.54) is 18.3 Å². The van der Waals surface area contributed by atoms with E-state index in [1.54, 1.807) is 23.1 Å². The quantitative estimate of drug-likeness (QED) is 0.616. The molecular weight excluding hydrogens is 403 g/mol. The number of methoxy groups -OCH3 is 1. The Bertz CT molecular complexity index is 1070. The summed E-state index contributed by atoms with van der Waals surface area (Å²) in [4.78, 5) is 28.6. The second-order valence-electron chi connectivity index (χ2n) is 7.17. The molecule has 9 nitrogen and oxygen atoms in total. The molecule has 1 N–H and O–H groups in total. The van der Waals surface area contributed by atoms with Gasteiger partial charge in [0.15, 0.2) is 11.6 Å². The van der Waals surface area contributed by atoms with E-state index in [9.17, 15) is 9.18 Å². The zero-order valence-corrected chi connectivity index (χ0v) is 17.3. The number of rotatable bonds is 7. The first-order valence-corrected chi connectivity index (χ1v) is 9.87.